The largest absolute Gasteiger partial charge is 0.355 e. The molecule has 6 heteroatoms. The molecular weight excluding hydrogens is 379 g/mol. The third-order valence-electron chi connectivity index (χ3n) is 5.30. The highest BCUT2D eigenvalue weighted by molar-refractivity contribution is 5.92. The number of aromatic nitrogens is 2. The summed E-state index contributed by atoms with van der Waals surface area (Å²) >= 11 is 0. The van der Waals surface area contributed by atoms with Crippen LogP contribution in [0.15, 0.2) is 60.7 Å². The summed E-state index contributed by atoms with van der Waals surface area (Å²) in [7, 11) is 0. The lowest BCUT2D eigenvalue weighted by atomic mass is 10.1. The Morgan fingerprint density at radius 2 is 1.70 bits per heavy atom. The predicted octanol–water partition coefficient (Wildman–Crippen LogP) is 4.84. The van der Waals surface area contributed by atoms with Gasteiger partial charge in [-0.05, 0) is 54.8 Å². The Morgan fingerprint density at radius 1 is 0.933 bits per heavy atom. The fourth-order valence-corrected chi connectivity index (χ4v) is 3.70. The van der Waals surface area contributed by atoms with Gasteiger partial charge in [-0.25, -0.2) is 4.39 Å². The molecule has 2 aromatic carbocycles. The van der Waals surface area contributed by atoms with Crippen molar-refractivity contribution in [3.63, 3.8) is 0 Å². The van der Waals surface area contributed by atoms with Crippen LogP contribution in [0.4, 0.5) is 15.9 Å². The van der Waals surface area contributed by atoms with E-state index in [9.17, 15) is 9.18 Å². The number of nitrogens with one attached hydrogen (secondary N) is 1. The van der Waals surface area contributed by atoms with Crippen LogP contribution in [0.25, 0.3) is 11.3 Å². The van der Waals surface area contributed by atoms with Crippen molar-refractivity contribution in [2.75, 3.05) is 23.3 Å². The summed E-state index contributed by atoms with van der Waals surface area (Å²) in [4.78, 5) is 14.6. The molecule has 154 valence electrons. The summed E-state index contributed by atoms with van der Waals surface area (Å²) in [6.45, 7) is 2.06. The Morgan fingerprint density at radius 3 is 2.40 bits per heavy atom. The summed E-state index contributed by atoms with van der Waals surface area (Å²) in [5.74, 6) is 0.459. The minimum Gasteiger partial charge on any atom is -0.355 e. The van der Waals surface area contributed by atoms with Gasteiger partial charge in [-0.15, -0.1) is 10.2 Å². The van der Waals surface area contributed by atoms with E-state index in [0.717, 1.165) is 35.7 Å². The lowest BCUT2D eigenvalue weighted by Crippen LogP contribution is -2.25. The van der Waals surface area contributed by atoms with Crippen molar-refractivity contribution in [2.24, 2.45) is 0 Å². The highest BCUT2D eigenvalue weighted by Gasteiger charge is 2.12. The zero-order chi connectivity index (χ0) is 20.8. The quantitative estimate of drug-likeness (QED) is 0.661. The first-order valence-corrected chi connectivity index (χ1v) is 10.4. The van der Waals surface area contributed by atoms with E-state index in [4.69, 9.17) is 0 Å². The molecule has 1 amide bonds. The van der Waals surface area contributed by atoms with E-state index in [0.29, 0.717) is 5.69 Å². The molecule has 0 unspecified atom stereocenters. The van der Waals surface area contributed by atoms with Gasteiger partial charge in [-0.2, -0.15) is 0 Å². The standard InChI is InChI=1S/C24H25FN4O/c25-20-10-8-18(9-11-20)16-24(30)26-21-7-5-6-19(17-21)22-12-13-23(28-27-22)29-14-3-1-2-4-15-29/h5-13,17H,1-4,14-16H2,(H,26,30). The number of carbonyl (C=O) groups is 1. The van der Waals surface area contributed by atoms with Gasteiger partial charge in [0.25, 0.3) is 0 Å². The predicted molar refractivity (Wildman–Crippen MR) is 117 cm³/mol. The molecule has 1 aromatic heterocycles. The molecule has 1 N–H and O–H groups in total. The average molecular weight is 404 g/mol. The SMILES string of the molecule is O=C(Cc1ccc(F)cc1)Nc1cccc(-c2ccc(N3CCCCCC3)nn2)c1. The number of nitrogens with zero attached hydrogens (tertiary/aromatic N) is 3. The first-order valence-electron chi connectivity index (χ1n) is 10.4. The van der Waals surface area contributed by atoms with Crippen molar-refractivity contribution >= 4 is 17.4 Å². The molecule has 0 radical (unpaired) electrons. The van der Waals surface area contributed by atoms with Crippen LogP contribution in [0, 0.1) is 5.82 Å². The molecule has 4 rings (SSSR count). The highest BCUT2D eigenvalue weighted by Crippen LogP contribution is 2.23. The first kappa shape index (κ1) is 20.0. The summed E-state index contributed by atoms with van der Waals surface area (Å²) in [6.07, 6.45) is 5.14. The highest BCUT2D eigenvalue weighted by atomic mass is 19.1. The van der Waals surface area contributed by atoms with Crippen LogP contribution in [0.2, 0.25) is 0 Å². The Bertz CT molecular complexity index is 981. The Labute approximate surface area is 176 Å². The lowest BCUT2D eigenvalue weighted by Gasteiger charge is -2.20. The Kier molecular flexibility index (Phi) is 6.32. The van der Waals surface area contributed by atoms with Crippen LogP contribution < -0.4 is 10.2 Å². The third-order valence-corrected chi connectivity index (χ3v) is 5.30. The van der Waals surface area contributed by atoms with Gasteiger partial charge < -0.3 is 10.2 Å². The molecular formula is C24H25FN4O. The molecule has 0 atom stereocenters. The van der Waals surface area contributed by atoms with E-state index in [1.54, 1.807) is 12.1 Å². The fourth-order valence-electron chi connectivity index (χ4n) is 3.70. The lowest BCUT2D eigenvalue weighted by molar-refractivity contribution is -0.115. The third kappa shape index (κ3) is 5.20. The Hall–Kier alpha value is -3.28. The molecule has 0 saturated carbocycles. The topological polar surface area (TPSA) is 58.1 Å². The normalized spacial score (nSPS) is 14.2. The van der Waals surface area contributed by atoms with Crippen LogP contribution in [0.5, 0.6) is 0 Å². The molecule has 0 spiro atoms. The monoisotopic (exact) mass is 404 g/mol. The van der Waals surface area contributed by atoms with Gasteiger partial charge in [0.1, 0.15) is 5.82 Å². The smallest absolute Gasteiger partial charge is 0.228 e. The van der Waals surface area contributed by atoms with Gasteiger partial charge in [-0.1, -0.05) is 37.1 Å². The molecule has 0 aliphatic carbocycles. The van der Waals surface area contributed by atoms with Crippen LogP contribution in [-0.2, 0) is 11.2 Å². The minimum atomic E-state index is -0.310. The number of hydrogen-bond donors (Lipinski definition) is 1. The van der Waals surface area contributed by atoms with Crippen LogP contribution >= 0.6 is 0 Å². The summed E-state index contributed by atoms with van der Waals surface area (Å²) in [5.41, 5.74) is 3.12. The summed E-state index contributed by atoms with van der Waals surface area (Å²) in [6, 6.07) is 17.5. The summed E-state index contributed by atoms with van der Waals surface area (Å²) < 4.78 is 13.0. The van der Waals surface area contributed by atoms with E-state index in [-0.39, 0.29) is 18.1 Å². The second kappa shape index (κ2) is 9.48. The zero-order valence-corrected chi connectivity index (χ0v) is 16.9. The number of benzene rings is 2. The zero-order valence-electron chi connectivity index (χ0n) is 16.9. The number of amides is 1. The van der Waals surface area contributed by atoms with Gasteiger partial charge in [-0.3, -0.25) is 4.79 Å². The van der Waals surface area contributed by atoms with Gasteiger partial charge >= 0.3 is 0 Å². The molecule has 1 saturated heterocycles. The molecule has 1 aliphatic heterocycles. The summed E-state index contributed by atoms with van der Waals surface area (Å²) in [5, 5.41) is 11.7. The second-order valence-electron chi connectivity index (χ2n) is 7.61. The van der Waals surface area contributed by atoms with Crippen molar-refractivity contribution in [2.45, 2.75) is 32.1 Å². The van der Waals surface area contributed by atoms with Crippen LogP contribution in [-0.4, -0.2) is 29.2 Å². The Balaban J connectivity index is 1.42. The van der Waals surface area contributed by atoms with E-state index in [1.807, 2.05) is 36.4 Å². The molecule has 2 heterocycles. The van der Waals surface area contributed by atoms with E-state index >= 15 is 0 Å². The average Bonchev–Trinajstić information content (AvgIpc) is 3.05. The molecule has 3 aromatic rings. The van der Waals surface area contributed by atoms with Crippen molar-refractivity contribution in [3.05, 3.63) is 72.0 Å². The molecule has 30 heavy (non-hydrogen) atoms. The maximum Gasteiger partial charge on any atom is 0.228 e. The maximum atomic E-state index is 13.0. The second-order valence-corrected chi connectivity index (χ2v) is 7.61. The first-order chi connectivity index (χ1) is 14.7. The van der Waals surface area contributed by atoms with Crippen LogP contribution in [0.3, 0.4) is 0 Å². The van der Waals surface area contributed by atoms with Crippen molar-refractivity contribution in [3.8, 4) is 11.3 Å². The molecule has 1 fully saturated rings. The number of halogens is 1. The molecule has 5 nitrogen and oxygen atoms in total. The minimum absolute atomic E-state index is 0.152. The fraction of sp³-hybridized carbons (Fsp3) is 0.292. The molecule has 1 aliphatic rings. The number of hydrogen-bond acceptors (Lipinski definition) is 4. The van der Waals surface area contributed by atoms with Crippen molar-refractivity contribution in [1.82, 2.24) is 10.2 Å². The van der Waals surface area contributed by atoms with E-state index in [2.05, 4.69) is 20.4 Å². The number of rotatable bonds is 5. The molecule has 0 bridgehead atoms. The van der Waals surface area contributed by atoms with E-state index in [1.165, 1.54) is 37.8 Å². The van der Waals surface area contributed by atoms with Crippen molar-refractivity contribution in [1.29, 1.82) is 0 Å². The van der Waals surface area contributed by atoms with Gasteiger partial charge in [0.05, 0.1) is 12.1 Å². The number of carbonyl (C=O) groups excluding carboxylic acids is 1. The van der Waals surface area contributed by atoms with Gasteiger partial charge in [0.15, 0.2) is 5.82 Å². The van der Waals surface area contributed by atoms with Gasteiger partial charge in [0, 0.05) is 24.3 Å². The number of anilines is 2. The van der Waals surface area contributed by atoms with Crippen molar-refractivity contribution < 1.29 is 9.18 Å². The van der Waals surface area contributed by atoms with Crippen LogP contribution in [0.1, 0.15) is 31.2 Å². The van der Waals surface area contributed by atoms with Gasteiger partial charge in [0.2, 0.25) is 5.91 Å². The van der Waals surface area contributed by atoms with E-state index < -0.39 is 0 Å². The maximum absolute atomic E-state index is 13.0.